The Bertz CT molecular complexity index is 655. The molecule has 0 aliphatic rings. The van der Waals surface area contributed by atoms with Crippen molar-refractivity contribution < 1.29 is 9.59 Å². The minimum atomic E-state index is -0.250. The summed E-state index contributed by atoms with van der Waals surface area (Å²) in [5.74, 6) is -0.475. The van der Waals surface area contributed by atoms with Gasteiger partial charge in [0.15, 0.2) is 0 Å². The first-order valence-corrected chi connectivity index (χ1v) is 7.87. The minimum Gasteiger partial charge on any atom is -0.351 e. The van der Waals surface area contributed by atoms with Gasteiger partial charge in [-0.3, -0.25) is 14.6 Å². The molecule has 0 radical (unpaired) electrons. The van der Waals surface area contributed by atoms with Crippen molar-refractivity contribution in [3.8, 4) is 11.4 Å². The van der Waals surface area contributed by atoms with E-state index >= 15 is 0 Å². The molecule has 116 valence electrons. The van der Waals surface area contributed by atoms with E-state index < -0.39 is 0 Å². The zero-order valence-corrected chi connectivity index (χ0v) is 13.4. The van der Waals surface area contributed by atoms with Crippen molar-refractivity contribution in [1.82, 2.24) is 14.7 Å². The van der Waals surface area contributed by atoms with Crippen LogP contribution in [0.3, 0.4) is 0 Å². The van der Waals surface area contributed by atoms with Crippen molar-refractivity contribution in [2.75, 3.05) is 11.9 Å². The molecule has 22 heavy (non-hydrogen) atoms. The topological polar surface area (TPSA) is 84.0 Å². The highest BCUT2D eigenvalue weighted by Crippen LogP contribution is 2.32. The van der Waals surface area contributed by atoms with E-state index in [0.29, 0.717) is 28.5 Å². The highest BCUT2D eigenvalue weighted by Gasteiger charge is 2.22. The van der Waals surface area contributed by atoms with Crippen LogP contribution in [0.2, 0.25) is 0 Å². The Morgan fingerprint density at radius 1 is 1.32 bits per heavy atom. The maximum atomic E-state index is 12.3. The van der Waals surface area contributed by atoms with Gasteiger partial charge < -0.3 is 10.6 Å². The molecule has 0 aliphatic carbocycles. The number of unbranched alkanes of at least 4 members (excludes halogenated alkanes) is 1. The standard InChI is InChI=1S/C15H18N4O2S/c1-3-4-8-17-15(21)14-13(18-10(2)20)12(19-22-14)11-7-5-6-9-16-11/h5-7,9H,3-4,8H2,1-2H3,(H,17,21)(H,18,20). The summed E-state index contributed by atoms with van der Waals surface area (Å²) in [7, 11) is 0. The monoisotopic (exact) mass is 318 g/mol. The highest BCUT2D eigenvalue weighted by molar-refractivity contribution is 7.09. The molecule has 0 saturated heterocycles. The number of carbonyl (C=O) groups is 2. The van der Waals surface area contributed by atoms with Crippen LogP contribution in [0.4, 0.5) is 5.69 Å². The molecule has 2 rings (SSSR count). The Morgan fingerprint density at radius 2 is 2.14 bits per heavy atom. The second-order valence-electron chi connectivity index (χ2n) is 4.74. The van der Waals surface area contributed by atoms with Gasteiger partial charge in [0.2, 0.25) is 5.91 Å². The van der Waals surface area contributed by atoms with Crippen LogP contribution in [-0.2, 0) is 4.79 Å². The molecular weight excluding hydrogens is 300 g/mol. The number of aromatic nitrogens is 2. The van der Waals surface area contributed by atoms with Crippen LogP contribution in [0, 0.1) is 0 Å². The van der Waals surface area contributed by atoms with Gasteiger partial charge in [0.25, 0.3) is 5.91 Å². The van der Waals surface area contributed by atoms with Crippen molar-refractivity contribution in [3.05, 3.63) is 29.3 Å². The van der Waals surface area contributed by atoms with Gasteiger partial charge in [-0.05, 0) is 30.1 Å². The van der Waals surface area contributed by atoms with E-state index in [1.165, 1.54) is 6.92 Å². The largest absolute Gasteiger partial charge is 0.351 e. The van der Waals surface area contributed by atoms with Crippen molar-refractivity contribution in [2.24, 2.45) is 0 Å². The number of hydrogen-bond donors (Lipinski definition) is 2. The summed E-state index contributed by atoms with van der Waals surface area (Å²) in [5, 5.41) is 5.54. The van der Waals surface area contributed by atoms with Crippen LogP contribution < -0.4 is 10.6 Å². The third-order valence-electron chi connectivity index (χ3n) is 2.92. The van der Waals surface area contributed by atoms with Gasteiger partial charge >= 0.3 is 0 Å². The van der Waals surface area contributed by atoms with Crippen LogP contribution in [0.1, 0.15) is 36.4 Å². The summed E-state index contributed by atoms with van der Waals surface area (Å²) < 4.78 is 4.29. The molecule has 2 amide bonds. The fraction of sp³-hybridized carbons (Fsp3) is 0.333. The summed E-state index contributed by atoms with van der Waals surface area (Å²) in [6.45, 7) is 4.06. The Hall–Kier alpha value is -2.28. The number of pyridine rings is 1. The van der Waals surface area contributed by atoms with Crippen molar-refractivity contribution in [3.63, 3.8) is 0 Å². The second kappa shape index (κ2) is 7.65. The zero-order valence-electron chi connectivity index (χ0n) is 12.5. The molecule has 0 fully saturated rings. The lowest BCUT2D eigenvalue weighted by Crippen LogP contribution is -2.24. The Balaban J connectivity index is 2.32. The van der Waals surface area contributed by atoms with Gasteiger partial charge in [0.05, 0.1) is 11.4 Å². The first kappa shape index (κ1) is 16.1. The lowest BCUT2D eigenvalue weighted by molar-refractivity contribution is -0.114. The molecule has 6 nitrogen and oxygen atoms in total. The molecule has 2 aromatic rings. The van der Waals surface area contributed by atoms with E-state index in [1.807, 2.05) is 6.07 Å². The lowest BCUT2D eigenvalue weighted by atomic mass is 10.2. The van der Waals surface area contributed by atoms with E-state index in [-0.39, 0.29) is 11.8 Å². The van der Waals surface area contributed by atoms with Gasteiger partial charge in [-0.15, -0.1) is 0 Å². The molecule has 0 saturated carbocycles. The fourth-order valence-electron chi connectivity index (χ4n) is 1.87. The molecule has 0 aliphatic heterocycles. The van der Waals surface area contributed by atoms with Gasteiger partial charge in [0.1, 0.15) is 10.6 Å². The molecule has 2 heterocycles. The summed E-state index contributed by atoms with van der Waals surface area (Å²) in [6.07, 6.45) is 3.56. The quantitative estimate of drug-likeness (QED) is 0.802. The minimum absolute atomic E-state index is 0.225. The number of nitrogens with one attached hydrogen (secondary N) is 2. The normalized spacial score (nSPS) is 10.3. The van der Waals surface area contributed by atoms with Crippen LogP contribution in [0.5, 0.6) is 0 Å². The predicted octanol–water partition coefficient (Wildman–Crippen LogP) is 2.69. The molecule has 0 aromatic carbocycles. The second-order valence-corrected chi connectivity index (χ2v) is 5.51. The third kappa shape index (κ3) is 3.88. The van der Waals surface area contributed by atoms with E-state index in [2.05, 4.69) is 26.9 Å². The van der Waals surface area contributed by atoms with Gasteiger partial charge in [0, 0.05) is 19.7 Å². The average Bonchev–Trinajstić information content (AvgIpc) is 2.91. The molecule has 0 spiro atoms. The number of anilines is 1. The molecule has 0 atom stereocenters. The summed E-state index contributed by atoms with van der Waals surface area (Å²) in [6, 6.07) is 5.42. The van der Waals surface area contributed by atoms with E-state index in [4.69, 9.17) is 0 Å². The van der Waals surface area contributed by atoms with Gasteiger partial charge in [-0.25, -0.2) is 0 Å². The first-order valence-electron chi connectivity index (χ1n) is 7.10. The van der Waals surface area contributed by atoms with Crippen molar-refractivity contribution in [1.29, 1.82) is 0 Å². The summed E-state index contributed by atoms with van der Waals surface area (Å²) in [4.78, 5) is 28.3. The number of hydrogen-bond acceptors (Lipinski definition) is 5. The van der Waals surface area contributed by atoms with Crippen molar-refractivity contribution >= 4 is 29.0 Å². The predicted molar refractivity (Wildman–Crippen MR) is 86.9 cm³/mol. The summed E-state index contributed by atoms with van der Waals surface area (Å²) >= 11 is 1.06. The van der Waals surface area contributed by atoms with Crippen molar-refractivity contribution in [2.45, 2.75) is 26.7 Å². The molecule has 0 unspecified atom stereocenters. The van der Waals surface area contributed by atoms with Crippen LogP contribution in [0.15, 0.2) is 24.4 Å². The SMILES string of the molecule is CCCCNC(=O)c1snc(-c2ccccn2)c1NC(C)=O. The maximum absolute atomic E-state index is 12.3. The van der Waals surface area contributed by atoms with Crippen LogP contribution >= 0.6 is 11.5 Å². The molecule has 0 bridgehead atoms. The number of carbonyl (C=O) groups excluding carboxylic acids is 2. The Kier molecular flexibility index (Phi) is 5.60. The fourth-order valence-corrected chi connectivity index (χ4v) is 2.64. The highest BCUT2D eigenvalue weighted by atomic mass is 32.1. The molecule has 2 aromatic heterocycles. The molecular formula is C15H18N4O2S. The van der Waals surface area contributed by atoms with Gasteiger partial charge in [-0.1, -0.05) is 19.4 Å². The third-order valence-corrected chi connectivity index (χ3v) is 3.77. The van der Waals surface area contributed by atoms with Gasteiger partial charge in [-0.2, -0.15) is 4.37 Å². The average molecular weight is 318 g/mol. The van der Waals surface area contributed by atoms with Crippen LogP contribution in [-0.4, -0.2) is 27.7 Å². The Labute approximate surface area is 133 Å². The smallest absolute Gasteiger partial charge is 0.265 e. The van der Waals surface area contributed by atoms with E-state index in [9.17, 15) is 9.59 Å². The van der Waals surface area contributed by atoms with E-state index in [0.717, 1.165) is 24.4 Å². The number of nitrogens with zero attached hydrogens (tertiary/aromatic N) is 2. The molecule has 7 heteroatoms. The number of amides is 2. The van der Waals surface area contributed by atoms with Crippen LogP contribution in [0.25, 0.3) is 11.4 Å². The number of rotatable bonds is 6. The summed E-state index contributed by atoms with van der Waals surface area (Å²) in [5.41, 5.74) is 1.56. The van der Waals surface area contributed by atoms with E-state index in [1.54, 1.807) is 18.3 Å². The maximum Gasteiger partial charge on any atom is 0.265 e. The Morgan fingerprint density at radius 3 is 2.77 bits per heavy atom. The lowest BCUT2D eigenvalue weighted by Gasteiger charge is -2.07. The molecule has 2 N–H and O–H groups in total. The first-order chi connectivity index (χ1) is 10.6. The zero-order chi connectivity index (χ0) is 15.9.